The van der Waals surface area contributed by atoms with Crippen molar-refractivity contribution in [2.75, 3.05) is 25.0 Å². The van der Waals surface area contributed by atoms with Crippen molar-refractivity contribution in [3.8, 4) is 0 Å². The summed E-state index contributed by atoms with van der Waals surface area (Å²) in [7, 11) is 0. The molecule has 0 spiro atoms. The smallest absolute Gasteiger partial charge is 0.241 e. The number of hydrogen-bond donors (Lipinski definition) is 1. The molecule has 5 heteroatoms. The van der Waals surface area contributed by atoms with E-state index in [9.17, 15) is 4.79 Å². The normalized spacial score (nSPS) is 10.1. The molecule has 1 aromatic rings. The third-order valence-electron chi connectivity index (χ3n) is 2.61. The van der Waals surface area contributed by atoms with E-state index in [2.05, 4.69) is 26.2 Å². The van der Waals surface area contributed by atoms with Gasteiger partial charge in [-0.25, -0.2) is 4.98 Å². The molecule has 0 aromatic carbocycles. The second-order valence-corrected chi connectivity index (χ2v) is 4.50. The maximum absolute atomic E-state index is 11.8. The molecular weight excluding hydrogens is 282 g/mol. The standard InChI is InChI=1S/C12H18BrN3O/c1-4-16(5-2)10(17)8-15-12-11(13)9(3)6-7-14-12/h6-7H,4-5,8H2,1-3H3,(H,14,15). The molecule has 0 aliphatic carbocycles. The summed E-state index contributed by atoms with van der Waals surface area (Å²) in [5, 5.41) is 3.05. The second kappa shape index (κ2) is 6.59. The first-order valence-corrected chi connectivity index (χ1v) is 6.52. The van der Waals surface area contributed by atoms with Crippen molar-refractivity contribution in [2.24, 2.45) is 0 Å². The molecular formula is C12H18BrN3O. The number of nitrogens with zero attached hydrogens (tertiary/aromatic N) is 2. The number of hydrogen-bond acceptors (Lipinski definition) is 3. The predicted octanol–water partition coefficient (Wildman–Crippen LogP) is 2.43. The van der Waals surface area contributed by atoms with Crippen LogP contribution in [0.25, 0.3) is 0 Å². The molecule has 1 heterocycles. The Bertz CT molecular complexity index is 391. The molecule has 1 N–H and O–H groups in total. The predicted molar refractivity (Wildman–Crippen MR) is 73.1 cm³/mol. The number of aromatic nitrogens is 1. The van der Waals surface area contributed by atoms with Crippen LogP contribution in [0.15, 0.2) is 16.7 Å². The average Bonchev–Trinajstić information content (AvgIpc) is 2.32. The van der Waals surface area contributed by atoms with E-state index < -0.39 is 0 Å². The van der Waals surface area contributed by atoms with Crippen LogP contribution >= 0.6 is 15.9 Å². The Morgan fingerprint density at radius 2 is 2.12 bits per heavy atom. The highest BCUT2D eigenvalue weighted by molar-refractivity contribution is 9.10. The number of anilines is 1. The van der Waals surface area contributed by atoms with Crippen LogP contribution in [0.1, 0.15) is 19.4 Å². The summed E-state index contributed by atoms with van der Waals surface area (Å²) in [6.07, 6.45) is 1.73. The fourth-order valence-corrected chi connectivity index (χ4v) is 1.89. The summed E-state index contributed by atoms with van der Waals surface area (Å²) in [5.74, 6) is 0.802. The van der Waals surface area contributed by atoms with Gasteiger partial charge in [0.25, 0.3) is 0 Å². The number of carbonyl (C=O) groups excluding carboxylic acids is 1. The first kappa shape index (κ1) is 14.0. The van der Waals surface area contributed by atoms with Crippen molar-refractivity contribution in [3.05, 3.63) is 22.3 Å². The van der Waals surface area contributed by atoms with Gasteiger partial charge in [-0.05, 0) is 48.3 Å². The lowest BCUT2D eigenvalue weighted by atomic mass is 10.3. The number of nitrogens with one attached hydrogen (secondary N) is 1. The quantitative estimate of drug-likeness (QED) is 0.908. The maximum Gasteiger partial charge on any atom is 0.241 e. The zero-order valence-electron chi connectivity index (χ0n) is 10.5. The Kier molecular flexibility index (Phi) is 5.41. The molecule has 1 rings (SSSR count). The molecule has 1 amide bonds. The van der Waals surface area contributed by atoms with E-state index >= 15 is 0 Å². The zero-order chi connectivity index (χ0) is 12.8. The minimum Gasteiger partial charge on any atom is -0.360 e. The minimum atomic E-state index is 0.0882. The van der Waals surface area contributed by atoms with E-state index in [0.717, 1.165) is 23.1 Å². The van der Waals surface area contributed by atoms with E-state index in [1.165, 1.54) is 0 Å². The topological polar surface area (TPSA) is 45.2 Å². The Morgan fingerprint density at radius 3 is 2.71 bits per heavy atom. The van der Waals surface area contributed by atoms with Crippen LogP contribution in [-0.4, -0.2) is 35.4 Å². The van der Waals surface area contributed by atoms with Crippen LogP contribution < -0.4 is 5.32 Å². The lowest BCUT2D eigenvalue weighted by Gasteiger charge is -2.19. The van der Waals surface area contributed by atoms with E-state index in [4.69, 9.17) is 0 Å². The van der Waals surface area contributed by atoms with Gasteiger partial charge in [0.2, 0.25) is 5.91 Å². The number of carbonyl (C=O) groups is 1. The molecule has 0 radical (unpaired) electrons. The van der Waals surface area contributed by atoms with Gasteiger partial charge in [-0.1, -0.05) is 0 Å². The third kappa shape index (κ3) is 3.70. The minimum absolute atomic E-state index is 0.0882. The second-order valence-electron chi connectivity index (χ2n) is 3.71. The van der Waals surface area contributed by atoms with E-state index in [0.29, 0.717) is 5.82 Å². The van der Waals surface area contributed by atoms with E-state index in [1.54, 1.807) is 11.1 Å². The number of likely N-dealkylation sites (N-methyl/N-ethyl adjacent to an activating group) is 1. The highest BCUT2D eigenvalue weighted by Gasteiger charge is 2.10. The number of amides is 1. The molecule has 0 aliphatic heterocycles. The third-order valence-corrected chi connectivity index (χ3v) is 3.61. The van der Waals surface area contributed by atoms with E-state index in [1.807, 2.05) is 26.8 Å². The molecule has 0 saturated heterocycles. The fourth-order valence-electron chi connectivity index (χ4n) is 1.51. The average molecular weight is 300 g/mol. The van der Waals surface area contributed by atoms with E-state index in [-0.39, 0.29) is 12.5 Å². The van der Waals surface area contributed by atoms with Crippen molar-refractivity contribution < 1.29 is 4.79 Å². The lowest BCUT2D eigenvalue weighted by Crippen LogP contribution is -2.35. The summed E-state index contributed by atoms with van der Waals surface area (Å²) in [6.45, 7) is 7.68. The van der Waals surface area contributed by atoms with Gasteiger partial charge in [0.1, 0.15) is 5.82 Å². The van der Waals surface area contributed by atoms with Gasteiger partial charge >= 0.3 is 0 Å². The van der Waals surface area contributed by atoms with Crippen LogP contribution in [0, 0.1) is 6.92 Å². The molecule has 0 fully saturated rings. The monoisotopic (exact) mass is 299 g/mol. The Balaban J connectivity index is 2.61. The summed E-state index contributed by atoms with van der Waals surface area (Å²) in [4.78, 5) is 17.8. The fraction of sp³-hybridized carbons (Fsp3) is 0.500. The van der Waals surface area contributed by atoms with Crippen molar-refractivity contribution in [2.45, 2.75) is 20.8 Å². The number of pyridine rings is 1. The van der Waals surface area contributed by atoms with Gasteiger partial charge in [0, 0.05) is 19.3 Å². The first-order chi connectivity index (χ1) is 8.10. The van der Waals surface area contributed by atoms with Crippen molar-refractivity contribution >= 4 is 27.7 Å². The van der Waals surface area contributed by atoms with Crippen LogP contribution in [-0.2, 0) is 4.79 Å². The number of aryl methyl sites for hydroxylation is 1. The summed E-state index contributed by atoms with van der Waals surface area (Å²) < 4.78 is 0.910. The maximum atomic E-state index is 11.8. The molecule has 4 nitrogen and oxygen atoms in total. The molecule has 0 saturated carbocycles. The van der Waals surface area contributed by atoms with Gasteiger partial charge in [0.05, 0.1) is 11.0 Å². The van der Waals surface area contributed by atoms with Gasteiger partial charge in [-0.2, -0.15) is 0 Å². The molecule has 0 unspecified atom stereocenters. The molecule has 0 atom stereocenters. The summed E-state index contributed by atoms with van der Waals surface area (Å²) in [6, 6.07) is 1.92. The molecule has 17 heavy (non-hydrogen) atoms. The highest BCUT2D eigenvalue weighted by Crippen LogP contribution is 2.22. The lowest BCUT2D eigenvalue weighted by molar-refractivity contribution is -0.128. The Morgan fingerprint density at radius 1 is 1.47 bits per heavy atom. The number of halogens is 1. The van der Waals surface area contributed by atoms with Crippen LogP contribution in [0.3, 0.4) is 0 Å². The van der Waals surface area contributed by atoms with Crippen molar-refractivity contribution in [1.82, 2.24) is 9.88 Å². The molecule has 0 aliphatic rings. The highest BCUT2D eigenvalue weighted by atomic mass is 79.9. The van der Waals surface area contributed by atoms with Gasteiger partial charge < -0.3 is 10.2 Å². The van der Waals surface area contributed by atoms with Crippen LogP contribution in [0.2, 0.25) is 0 Å². The van der Waals surface area contributed by atoms with Crippen molar-refractivity contribution in [1.29, 1.82) is 0 Å². The summed E-state index contributed by atoms with van der Waals surface area (Å²) >= 11 is 3.45. The van der Waals surface area contributed by atoms with Crippen LogP contribution in [0.4, 0.5) is 5.82 Å². The van der Waals surface area contributed by atoms with Gasteiger partial charge in [-0.15, -0.1) is 0 Å². The van der Waals surface area contributed by atoms with Gasteiger partial charge in [0.15, 0.2) is 0 Å². The zero-order valence-corrected chi connectivity index (χ0v) is 12.0. The number of rotatable bonds is 5. The first-order valence-electron chi connectivity index (χ1n) is 5.72. The molecule has 0 bridgehead atoms. The molecule has 94 valence electrons. The largest absolute Gasteiger partial charge is 0.360 e. The van der Waals surface area contributed by atoms with Gasteiger partial charge in [-0.3, -0.25) is 4.79 Å². The Hall–Kier alpha value is -1.10. The SMILES string of the molecule is CCN(CC)C(=O)CNc1nccc(C)c1Br. The summed E-state index contributed by atoms with van der Waals surface area (Å²) in [5.41, 5.74) is 1.10. The molecule has 1 aromatic heterocycles. The van der Waals surface area contributed by atoms with Crippen molar-refractivity contribution in [3.63, 3.8) is 0 Å². The Labute approximate surface area is 111 Å². The van der Waals surface area contributed by atoms with Crippen LogP contribution in [0.5, 0.6) is 0 Å².